The van der Waals surface area contributed by atoms with Crippen LogP contribution in [-0.4, -0.2) is 67.3 Å². The minimum atomic E-state index is -0.478. The van der Waals surface area contributed by atoms with Gasteiger partial charge in [0.15, 0.2) is 0 Å². The number of methoxy groups -OCH3 is 1. The summed E-state index contributed by atoms with van der Waals surface area (Å²) in [5.41, 5.74) is -0.478. The van der Waals surface area contributed by atoms with E-state index in [1.165, 1.54) is 7.11 Å². The Morgan fingerprint density at radius 3 is 2.55 bits per heavy atom. The highest BCUT2D eigenvalue weighted by atomic mass is 16.6. The van der Waals surface area contributed by atoms with Crippen LogP contribution in [0.25, 0.3) is 0 Å². The largest absolute Gasteiger partial charge is 0.468 e. The molecule has 0 radical (unpaired) electrons. The number of esters is 1. The van der Waals surface area contributed by atoms with Crippen molar-refractivity contribution in [3.63, 3.8) is 0 Å². The van der Waals surface area contributed by atoms with Gasteiger partial charge in [0.1, 0.15) is 11.6 Å². The van der Waals surface area contributed by atoms with Crippen LogP contribution in [0.5, 0.6) is 0 Å². The van der Waals surface area contributed by atoms with Crippen molar-refractivity contribution in [3.05, 3.63) is 0 Å². The second-order valence-electron chi connectivity index (χ2n) is 6.83. The average molecular weight is 314 g/mol. The van der Waals surface area contributed by atoms with Gasteiger partial charge < -0.3 is 14.4 Å². The van der Waals surface area contributed by atoms with E-state index >= 15 is 0 Å². The Labute approximate surface area is 133 Å². The summed E-state index contributed by atoms with van der Waals surface area (Å²) < 4.78 is 10.2. The first kappa shape index (κ1) is 18.7. The number of carbonyl (C=O) groups excluding carboxylic acids is 2. The molecule has 0 bridgehead atoms. The van der Waals surface area contributed by atoms with Crippen molar-refractivity contribution >= 4 is 12.1 Å². The lowest BCUT2D eigenvalue weighted by Crippen LogP contribution is -2.46. The minimum absolute atomic E-state index is 0.134. The maximum atomic E-state index is 11.9. The summed E-state index contributed by atoms with van der Waals surface area (Å²) in [6, 6.07) is -0.134. The molecule has 6 heteroatoms. The summed E-state index contributed by atoms with van der Waals surface area (Å²) >= 11 is 0. The number of carbonyl (C=O) groups is 2. The average Bonchev–Trinajstić information content (AvgIpc) is 2.45. The van der Waals surface area contributed by atoms with Gasteiger partial charge in [-0.1, -0.05) is 6.42 Å². The van der Waals surface area contributed by atoms with Crippen LogP contribution in [-0.2, 0) is 14.3 Å². The third-order valence-corrected chi connectivity index (χ3v) is 3.73. The SMILES string of the molecule is COC(=O)[C@H]1CCCCN1CCCN(C)C(=O)OC(C)(C)C. The normalized spacial score (nSPS) is 19.6. The predicted molar refractivity (Wildman–Crippen MR) is 84.7 cm³/mol. The molecule has 1 heterocycles. The van der Waals surface area contributed by atoms with Crippen LogP contribution in [0.2, 0.25) is 0 Å². The number of amides is 1. The molecule has 0 aromatic heterocycles. The molecule has 0 spiro atoms. The third kappa shape index (κ3) is 6.22. The van der Waals surface area contributed by atoms with Gasteiger partial charge in [0.05, 0.1) is 7.11 Å². The molecule has 0 aromatic carbocycles. The number of hydrogen-bond acceptors (Lipinski definition) is 5. The number of ether oxygens (including phenoxy) is 2. The van der Waals surface area contributed by atoms with E-state index in [1.807, 2.05) is 20.8 Å². The zero-order valence-electron chi connectivity index (χ0n) is 14.6. The lowest BCUT2D eigenvalue weighted by molar-refractivity contribution is -0.148. The van der Waals surface area contributed by atoms with Gasteiger partial charge in [0.25, 0.3) is 0 Å². The summed E-state index contributed by atoms with van der Waals surface area (Å²) in [6.45, 7) is 7.87. The molecule has 1 saturated heterocycles. The van der Waals surface area contributed by atoms with E-state index in [-0.39, 0.29) is 18.1 Å². The van der Waals surface area contributed by atoms with Gasteiger partial charge in [-0.15, -0.1) is 0 Å². The molecule has 1 amide bonds. The van der Waals surface area contributed by atoms with Crippen LogP contribution in [0.15, 0.2) is 0 Å². The Kier molecular flexibility index (Phi) is 7.13. The molecule has 0 aromatic rings. The van der Waals surface area contributed by atoms with Crippen molar-refractivity contribution < 1.29 is 19.1 Å². The second-order valence-corrected chi connectivity index (χ2v) is 6.83. The maximum absolute atomic E-state index is 11.9. The number of rotatable bonds is 5. The fourth-order valence-corrected chi connectivity index (χ4v) is 2.60. The van der Waals surface area contributed by atoms with E-state index in [1.54, 1.807) is 11.9 Å². The zero-order valence-corrected chi connectivity index (χ0v) is 14.6. The second kappa shape index (κ2) is 8.36. The van der Waals surface area contributed by atoms with Crippen molar-refractivity contribution in [1.82, 2.24) is 9.80 Å². The number of likely N-dealkylation sites (tertiary alicyclic amines) is 1. The molecule has 1 fully saturated rings. The van der Waals surface area contributed by atoms with E-state index in [4.69, 9.17) is 9.47 Å². The Bertz CT molecular complexity index is 379. The van der Waals surface area contributed by atoms with Crippen LogP contribution in [0.1, 0.15) is 46.5 Å². The summed E-state index contributed by atoms with van der Waals surface area (Å²) in [4.78, 5) is 27.4. The first-order valence-electron chi connectivity index (χ1n) is 8.00. The first-order chi connectivity index (χ1) is 10.2. The monoisotopic (exact) mass is 314 g/mol. The molecule has 0 N–H and O–H groups in total. The molecular formula is C16H30N2O4. The maximum Gasteiger partial charge on any atom is 0.410 e. The molecule has 1 atom stereocenters. The zero-order chi connectivity index (χ0) is 16.8. The molecule has 128 valence electrons. The molecule has 6 nitrogen and oxygen atoms in total. The van der Waals surface area contributed by atoms with Crippen LogP contribution in [0.3, 0.4) is 0 Å². The van der Waals surface area contributed by atoms with Crippen molar-refractivity contribution in [3.8, 4) is 0 Å². The lowest BCUT2D eigenvalue weighted by atomic mass is 10.0. The number of nitrogens with zero attached hydrogens (tertiary/aromatic N) is 2. The Morgan fingerprint density at radius 2 is 1.95 bits per heavy atom. The fourth-order valence-electron chi connectivity index (χ4n) is 2.60. The van der Waals surface area contributed by atoms with Gasteiger partial charge in [-0.25, -0.2) is 4.79 Å². The number of piperidine rings is 1. The van der Waals surface area contributed by atoms with Gasteiger partial charge in [0.2, 0.25) is 0 Å². The molecule has 1 rings (SSSR count). The Hall–Kier alpha value is -1.30. The van der Waals surface area contributed by atoms with Gasteiger partial charge in [-0.05, 0) is 46.6 Å². The molecule has 1 aliphatic heterocycles. The van der Waals surface area contributed by atoms with Crippen LogP contribution >= 0.6 is 0 Å². The summed E-state index contributed by atoms with van der Waals surface area (Å²) in [6.07, 6.45) is 3.53. The summed E-state index contributed by atoms with van der Waals surface area (Å²) in [5.74, 6) is -0.153. The van der Waals surface area contributed by atoms with Crippen molar-refractivity contribution in [2.24, 2.45) is 0 Å². The topological polar surface area (TPSA) is 59.1 Å². The van der Waals surface area contributed by atoms with E-state index in [0.717, 1.165) is 38.8 Å². The van der Waals surface area contributed by atoms with Gasteiger partial charge >= 0.3 is 12.1 Å². The van der Waals surface area contributed by atoms with Gasteiger partial charge in [-0.3, -0.25) is 9.69 Å². The number of hydrogen-bond donors (Lipinski definition) is 0. The van der Waals surface area contributed by atoms with Crippen LogP contribution < -0.4 is 0 Å². The first-order valence-corrected chi connectivity index (χ1v) is 8.00. The minimum Gasteiger partial charge on any atom is -0.468 e. The highest BCUT2D eigenvalue weighted by Crippen LogP contribution is 2.18. The van der Waals surface area contributed by atoms with Gasteiger partial charge in [-0.2, -0.15) is 0 Å². The molecule has 0 saturated carbocycles. The smallest absolute Gasteiger partial charge is 0.410 e. The van der Waals surface area contributed by atoms with Crippen molar-refractivity contribution in [1.29, 1.82) is 0 Å². The fraction of sp³-hybridized carbons (Fsp3) is 0.875. The van der Waals surface area contributed by atoms with Gasteiger partial charge in [0, 0.05) is 20.1 Å². The van der Waals surface area contributed by atoms with E-state index in [0.29, 0.717) is 6.54 Å². The molecule has 0 aliphatic carbocycles. The van der Waals surface area contributed by atoms with Crippen molar-refractivity contribution in [2.75, 3.05) is 33.8 Å². The quantitative estimate of drug-likeness (QED) is 0.729. The standard InChI is InChI=1S/C16H30N2O4/c1-16(2,3)22-15(20)17(4)10-8-12-18-11-7-6-9-13(18)14(19)21-5/h13H,6-12H2,1-5H3/t13-/m1/s1. The van der Waals surface area contributed by atoms with E-state index in [2.05, 4.69) is 4.90 Å². The third-order valence-electron chi connectivity index (χ3n) is 3.73. The van der Waals surface area contributed by atoms with E-state index in [9.17, 15) is 9.59 Å². The van der Waals surface area contributed by atoms with Crippen molar-refractivity contribution in [2.45, 2.75) is 58.1 Å². The molecular weight excluding hydrogens is 284 g/mol. The predicted octanol–water partition coefficient (Wildman–Crippen LogP) is 2.27. The van der Waals surface area contributed by atoms with Crippen LogP contribution in [0, 0.1) is 0 Å². The molecule has 22 heavy (non-hydrogen) atoms. The van der Waals surface area contributed by atoms with Crippen LogP contribution in [0.4, 0.5) is 4.79 Å². The Balaban J connectivity index is 2.38. The lowest BCUT2D eigenvalue weighted by Gasteiger charge is -2.34. The Morgan fingerprint density at radius 1 is 1.27 bits per heavy atom. The molecule has 1 aliphatic rings. The highest BCUT2D eigenvalue weighted by molar-refractivity contribution is 5.75. The van der Waals surface area contributed by atoms with E-state index < -0.39 is 5.60 Å². The molecule has 0 unspecified atom stereocenters. The summed E-state index contributed by atoms with van der Waals surface area (Å²) in [7, 11) is 3.17. The highest BCUT2D eigenvalue weighted by Gasteiger charge is 2.29. The summed E-state index contributed by atoms with van der Waals surface area (Å²) in [5, 5.41) is 0.